The number of nitrogen functional groups attached to an aromatic ring is 1. The quantitative estimate of drug-likeness (QED) is 0.675. The summed E-state index contributed by atoms with van der Waals surface area (Å²) < 4.78 is 6.47. The van der Waals surface area contributed by atoms with E-state index in [1.165, 1.54) is 0 Å². The van der Waals surface area contributed by atoms with Crippen molar-refractivity contribution < 1.29 is 4.74 Å². The number of aromatic nitrogens is 1. The second kappa shape index (κ2) is 4.84. The van der Waals surface area contributed by atoms with Gasteiger partial charge in [-0.05, 0) is 32.0 Å². The molecule has 0 unspecified atom stereocenters. The molecule has 0 radical (unpaired) electrons. The van der Waals surface area contributed by atoms with Crippen LogP contribution in [0.4, 0.5) is 5.69 Å². The number of fused-ring (bicyclic) bond motifs is 1. The Balaban J connectivity index is 2.75. The van der Waals surface area contributed by atoms with E-state index in [0.717, 1.165) is 26.8 Å². The second-order valence-electron chi connectivity index (χ2n) is 4.55. The van der Waals surface area contributed by atoms with Crippen molar-refractivity contribution in [3.63, 3.8) is 0 Å². The summed E-state index contributed by atoms with van der Waals surface area (Å²) in [5.74, 6) is 5.58. The van der Waals surface area contributed by atoms with Crippen LogP contribution in [0.5, 0.6) is 0 Å². The van der Waals surface area contributed by atoms with Gasteiger partial charge < -0.3 is 10.2 Å². The lowest BCUT2D eigenvalue weighted by atomic mass is 10.0. The molecule has 2 aromatic rings. The largest absolute Gasteiger partial charge is 0.372 e. The molecule has 3 N–H and O–H groups in total. The standard InChI is InChI=1S/C13H16BrN3O/c1-13(2,18-3)12-11(17-15)7-8-9(14)5-4-6-10(8)16-12/h4-7,17H,15H2,1-3H3. The highest BCUT2D eigenvalue weighted by atomic mass is 79.9. The van der Waals surface area contributed by atoms with Gasteiger partial charge in [-0.25, -0.2) is 4.98 Å². The average molecular weight is 310 g/mol. The number of nitrogens with one attached hydrogen (secondary N) is 1. The lowest BCUT2D eigenvalue weighted by molar-refractivity contribution is 0.0164. The summed E-state index contributed by atoms with van der Waals surface area (Å²) in [5.41, 5.74) is 4.65. The second-order valence-corrected chi connectivity index (χ2v) is 5.40. The van der Waals surface area contributed by atoms with Crippen molar-refractivity contribution in [1.82, 2.24) is 4.98 Å². The number of hydrogen-bond acceptors (Lipinski definition) is 4. The fourth-order valence-corrected chi connectivity index (χ4v) is 2.30. The normalized spacial score (nSPS) is 11.8. The fraction of sp³-hybridized carbons (Fsp3) is 0.308. The van der Waals surface area contributed by atoms with E-state index in [0.29, 0.717) is 0 Å². The summed E-state index contributed by atoms with van der Waals surface area (Å²) in [7, 11) is 1.66. The maximum absolute atomic E-state index is 5.58. The minimum atomic E-state index is -0.502. The lowest BCUT2D eigenvalue weighted by Gasteiger charge is -2.25. The van der Waals surface area contributed by atoms with Crippen molar-refractivity contribution in [2.24, 2.45) is 5.84 Å². The fourth-order valence-electron chi connectivity index (χ4n) is 1.83. The highest BCUT2D eigenvalue weighted by Gasteiger charge is 2.25. The van der Waals surface area contributed by atoms with Crippen LogP contribution in [-0.4, -0.2) is 12.1 Å². The third kappa shape index (κ3) is 2.21. The Kier molecular flexibility index (Phi) is 3.56. The molecular weight excluding hydrogens is 294 g/mol. The number of hydrogen-bond donors (Lipinski definition) is 2. The van der Waals surface area contributed by atoms with Gasteiger partial charge in [0.25, 0.3) is 0 Å². The molecule has 0 fully saturated rings. The number of nitrogens with two attached hydrogens (primary N) is 1. The van der Waals surface area contributed by atoms with Crippen molar-refractivity contribution in [2.75, 3.05) is 12.5 Å². The van der Waals surface area contributed by atoms with Crippen LogP contribution in [0.2, 0.25) is 0 Å². The molecule has 0 spiro atoms. The number of anilines is 1. The van der Waals surface area contributed by atoms with Gasteiger partial charge in [0, 0.05) is 17.0 Å². The van der Waals surface area contributed by atoms with Crippen LogP contribution >= 0.6 is 15.9 Å². The molecular formula is C13H16BrN3O. The van der Waals surface area contributed by atoms with Gasteiger partial charge in [-0.2, -0.15) is 0 Å². The number of rotatable bonds is 3. The summed E-state index contributed by atoms with van der Waals surface area (Å²) in [6.07, 6.45) is 0. The smallest absolute Gasteiger partial charge is 0.106 e. The van der Waals surface area contributed by atoms with Crippen molar-refractivity contribution >= 4 is 32.5 Å². The van der Waals surface area contributed by atoms with Crippen LogP contribution in [0, 0.1) is 0 Å². The third-order valence-electron chi connectivity index (χ3n) is 3.04. The maximum atomic E-state index is 5.58. The first-order valence-corrected chi connectivity index (χ1v) is 6.40. The monoisotopic (exact) mass is 309 g/mol. The van der Waals surface area contributed by atoms with Crippen LogP contribution in [0.25, 0.3) is 10.9 Å². The first-order chi connectivity index (χ1) is 8.49. The first kappa shape index (κ1) is 13.3. The molecule has 4 nitrogen and oxygen atoms in total. The molecule has 0 saturated heterocycles. The summed E-state index contributed by atoms with van der Waals surface area (Å²) in [6, 6.07) is 7.88. The Morgan fingerprint density at radius 1 is 1.39 bits per heavy atom. The van der Waals surface area contributed by atoms with Gasteiger partial charge in [0.1, 0.15) is 5.60 Å². The van der Waals surface area contributed by atoms with Crippen molar-refractivity contribution in [2.45, 2.75) is 19.4 Å². The van der Waals surface area contributed by atoms with Gasteiger partial charge >= 0.3 is 0 Å². The SMILES string of the molecule is COC(C)(C)c1nc2cccc(Br)c2cc1NN. The predicted molar refractivity (Wildman–Crippen MR) is 77.3 cm³/mol. The lowest BCUT2D eigenvalue weighted by Crippen LogP contribution is -2.24. The van der Waals surface area contributed by atoms with E-state index in [4.69, 9.17) is 10.6 Å². The molecule has 0 amide bonds. The molecule has 0 aliphatic rings. The Hall–Kier alpha value is -1.17. The number of hydrazine groups is 1. The molecule has 5 heteroatoms. The molecule has 2 rings (SSSR count). The maximum Gasteiger partial charge on any atom is 0.106 e. The molecule has 1 aromatic carbocycles. The summed E-state index contributed by atoms with van der Waals surface area (Å²) >= 11 is 3.51. The number of benzene rings is 1. The van der Waals surface area contributed by atoms with Gasteiger partial charge in [-0.1, -0.05) is 22.0 Å². The summed E-state index contributed by atoms with van der Waals surface area (Å²) in [6.45, 7) is 3.92. The Morgan fingerprint density at radius 2 is 2.11 bits per heavy atom. The third-order valence-corrected chi connectivity index (χ3v) is 3.73. The van der Waals surface area contributed by atoms with Crippen LogP contribution < -0.4 is 11.3 Å². The van der Waals surface area contributed by atoms with E-state index < -0.39 is 5.60 Å². The van der Waals surface area contributed by atoms with Crippen molar-refractivity contribution in [1.29, 1.82) is 0 Å². The number of ether oxygens (including phenoxy) is 1. The zero-order chi connectivity index (χ0) is 13.3. The van der Waals surface area contributed by atoms with Crippen LogP contribution in [-0.2, 0) is 10.3 Å². The Bertz CT molecular complexity index is 584. The molecule has 0 aliphatic heterocycles. The van der Waals surface area contributed by atoms with Gasteiger partial charge in [-0.3, -0.25) is 5.84 Å². The van der Waals surface area contributed by atoms with Crippen LogP contribution in [0.3, 0.4) is 0 Å². The Labute approximate surface area is 115 Å². The number of pyridine rings is 1. The molecule has 0 bridgehead atoms. The van der Waals surface area contributed by atoms with E-state index >= 15 is 0 Å². The van der Waals surface area contributed by atoms with Gasteiger partial charge in [0.15, 0.2) is 0 Å². The number of nitrogens with zero attached hydrogens (tertiary/aromatic N) is 1. The van der Waals surface area contributed by atoms with E-state index in [-0.39, 0.29) is 0 Å². The predicted octanol–water partition coefficient (Wildman–Crippen LogP) is 3.16. The molecule has 96 valence electrons. The van der Waals surface area contributed by atoms with Crippen LogP contribution in [0.1, 0.15) is 19.5 Å². The Morgan fingerprint density at radius 3 is 2.72 bits per heavy atom. The minimum Gasteiger partial charge on any atom is -0.372 e. The van der Waals surface area contributed by atoms with Gasteiger partial charge in [0.05, 0.1) is 16.9 Å². The number of methoxy groups -OCH3 is 1. The van der Waals surface area contributed by atoms with Crippen molar-refractivity contribution in [3.05, 3.63) is 34.4 Å². The van der Waals surface area contributed by atoms with Gasteiger partial charge in [0.2, 0.25) is 0 Å². The van der Waals surface area contributed by atoms with Crippen LogP contribution in [0.15, 0.2) is 28.7 Å². The first-order valence-electron chi connectivity index (χ1n) is 5.61. The highest BCUT2D eigenvalue weighted by molar-refractivity contribution is 9.10. The zero-order valence-electron chi connectivity index (χ0n) is 10.6. The van der Waals surface area contributed by atoms with Crippen molar-refractivity contribution in [3.8, 4) is 0 Å². The van der Waals surface area contributed by atoms with E-state index in [9.17, 15) is 0 Å². The summed E-state index contributed by atoms with van der Waals surface area (Å²) in [5, 5.41) is 1.01. The topological polar surface area (TPSA) is 60.2 Å². The van der Waals surface area contributed by atoms with E-state index in [2.05, 4.69) is 26.3 Å². The minimum absolute atomic E-state index is 0.502. The average Bonchev–Trinajstić information content (AvgIpc) is 2.38. The molecule has 0 saturated carbocycles. The van der Waals surface area contributed by atoms with E-state index in [1.54, 1.807) is 7.11 Å². The number of halogens is 1. The highest BCUT2D eigenvalue weighted by Crippen LogP contribution is 2.33. The molecule has 1 heterocycles. The molecule has 0 atom stereocenters. The zero-order valence-corrected chi connectivity index (χ0v) is 12.2. The van der Waals surface area contributed by atoms with E-state index in [1.807, 2.05) is 38.1 Å². The summed E-state index contributed by atoms with van der Waals surface area (Å²) in [4.78, 5) is 4.65. The molecule has 18 heavy (non-hydrogen) atoms. The van der Waals surface area contributed by atoms with Gasteiger partial charge in [-0.15, -0.1) is 0 Å². The molecule has 1 aromatic heterocycles. The molecule has 0 aliphatic carbocycles.